The first kappa shape index (κ1) is 18.6. The molecule has 134 valence electrons. The van der Waals surface area contributed by atoms with E-state index in [1.807, 2.05) is 4.90 Å². The van der Waals surface area contributed by atoms with E-state index in [-0.39, 0.29) is 22.3 Å². The fraction of sp³-hybridized carbons (Fsp3) is 0.600. The zero-order valence-electron chi connectivity index (χ0n) is 14.1. The highest BCUT2D eigenvalue weighted by atomic mass is 32.2. The molecule has 2 heterocycles. The molecule has 0 saturated carbocycles. The highest BCUT2D eigenvalue weighted by Gasteiger charge is 2.26. The molecule has 0 aromatic carbocycles. The summed E-state index contributed by atoms with van der Waals surface area (Å²) in [5.74, 6) is -0.311. The SMILES string of the molecule is COC(=O)C1CCN(Cn2cc(S(=O)(=O)N(C)C)ccc2=O)CC1. The number of piperidine rings is 1. The predicted octanol–water partition coefficient (Wildman–Crippen LogP) is -0.0589. The third kappa shape index (κ3) is 4.03. The van der Waals surface area contributed by atoms with E-state index in [1.165, 1.54) is 44.1 Å². The number of hydrogen-bond donors (Lipinski definition) is 0. The van der Waals surface area contributed by atoms with Crippen LogP contribution in [-0.2, 0) is 26.2 Å². The van der Waals surface area contributed by atoms with Gasteiger partial charge in [0.25, 0.3) is 5.56 Å². The van der Waals surface area contributed by atoms with E-state index in [1.54, 1.807) is 0 Å². The molecule has 1 aliphatic rings. The van der Waals surface area contributed by atoms with Crippen LogP contribution >= 0.6 is 0 Å². The normalized spacial score (nSPS) is 17.2. The number of carbonyl (C=O) groups excluding carboxylic acids is 1. The van der Waals surface area contributed by atoms with Gasteiger partial charge in [-0.15, -0.1) is 0 Å². The van der Waals surface area contributed by atoms with Crippen molar-refractivity contribution in [3.05, 3.63) is 28.7 Å². The summed E-state index contributed by atoms with van der Waals surface area (Å²) < 4.78 is 31.6. The van der Waals surface area contributed by atoms with Crippen LogP contribution in [0.5, 0.6) is 0 Å². The fourth-order valence-corrected chi connectivity index (χ4v) is 3.60. The topological polar surface area (TPSA) is 88.9 Å². The summed E-state index contributed by atoms with van der Waals surface area (Å²) in [4.78, 5) is 25.7. The zero-order valence-corrected chi connectivity index (χ0v) is 15.0. The van der Waals surface area contributed by atoms with Crippen LogP contribution in [0.4, 0.5) is 0 Å². The summed E-state index contributed by atoms with van der Waals surface area (Å²) in [5.41, 5.74) is -0.261. The molecule has 1 aromatic heterocycles. The van der Waals surface area contributed by atoms with Crippen molar-refractivity contribution in [3.8, 4) is 0 Å². The van der Waals surface area contributed by atoms with Gasteiger partial charge < -0.3 is 9.30 Å². The van der Waals surface area contributed by atoms with Gasteiger partial charge in [0.15, 0.2) is 0 Å². The smallest absolute Gasteiger partial charge is 0.308 e. The standard InChI is InChI=1S/C15H23N3O5S/c1-16(2)24(21,22)13-4-5-14(19)18(10-13)11-17-8-6-12(7-9-17)15(20)23-3/h4-5,10,12H,6-9,11H2,1-3H3. The minimum Gasteiger partial charge on any atom is -0.469 e. The summed E-state index contributed by atoms with van der Waals surface area (Å²) in [6.07, 6.45) is 2.69. The number of esters is 1. The molecule has 1 aromatic rings. The lowest BCUT2D eigenvalue weighted by Gasteiger charge is -2.30. The van der Waals surface area contributed by atoms with Crippen LogP contribution in [0.1, 0.15) is 12.8 Å². The molecule has 0 amide bonds. The van der Waals surface area contributed by atoms with E-state index in [2.05, 4.69) is 0 Å². The molecule has 0 spiro atoms. The molecule has 0 N–H and O–H groups in total. The number of pyridine rings is 1. The Hall–Kier alpha value is -1.71. The van der Waals surface area contributed by atoms with E-state index < -0.39 is 10.0 Å². The van der Waals surface area contributed by atoms with Gasteiger partial charge in [0.1, 0.15) is 0 Å². The highest BCUT2D eigenvalue weighted by Crippen LogP contribution is 2.19. The molecular weight excluding hydrogens is 334 g/mol. The summed E-state index contributed by atoms with van der Waals surface area (Å²) >= 11 is 0. The Kier molecular flexibility index (Phi) is 5.79. The van der Waals surface area contributed by atoms with Gasteiger partial charge in [-0.05, 0) is 18.9 Å². The molecule has 8 nitrogen and oxygen atoms in total. The quantitative estimate of drug-likeness (QED) is 0.686. The van der Waals surface area contributed by atoms with Crippen molar-refractivity contribution in [1.82, 2.24) is 13.8 Å². The van der Waals surface area contributed by atoms with Crippen molar-refractivity contribution in [2.75, 3.05) is 34.3 Å². The van der Waals surface area contributed by atoms with Crippen LogP contribution in [-0.4, -0.2) is 62.5 Å². The molecule has 0 radical (unpaired) electrons. The van der Waals surface area contributed by atoms with Crippen molar-refractivity contribution >= 4 is 16.0 Å². The minimum absolute atomic E-state index is 0.0801. The van der Waals surface area contributed by atoms with Gasteiger partial charge >= 0.3 is 5.97 Å². The number of sulfonamides is 1. The van der Waals surface area contributed by atoms with E-state index in [4.69, 9.17) is 4.74 Å². The van der Waals surface area contributed by atoms with E-state index >= 15 is 0 Å². The van der Waals surface area contributed by atoms with Gasteiger partial charge in [-0.2, -0.15) is 0 Å². The average molecular weight is 357 g/mol. The molecule has 0 aliphatic carbocycles. The predicted molar refractivity (Wildman–Crippen MR) is 87.9 cm³/mol. The van der Waals surface area contributed by atoms with Gasteiger partial charge in [-0.3, -0.25) is 14.5 Å². The molecular formula is C15H23N3O5S. The third-order valence-corrected chi connectivity index (χ3v) is 6.01. The van der Waals surface area contributed by atoms with Crippen molar-refractivity contribution in [3.63, 3.8) is 0 Å². The van der Waals surface area contributed by atoms with Crippen LogP contribution in [0.15, 0.2) is 28.0 Å². The molecule has 1 fully saturated rings. The Labute approximate surface area is 141 Å². The van der Waals surface area contributed by atoms with Crippen molar-refractivity contribution in [2.24, 2.45) is 5.92 Å². The maximum absolute atomic E-state index is 12.2. The lowest BCUT2D eigenvalue weighted by molar-refractivity contribution is -0.147. The summed E-state index contributed by atoms with van der Waals surface area (Å²) in [5, 5.41) is 0. The number of carbonyl (C=O) groups is 1. The van der Waals surface area contributed by atoms with Crippen LogP contribution in [0.3, 0.4) is 0 Å². The lowest BCUT2D eigenvalue weighted by atomic mass is 9.97. The first-order valence-corrected chi connectivity index (χ1v) is 9.13. The highest BCUT2D eigenvalue weighted by molar-refractivity contribution is 7.89. The maximum Gasteiger partial charge on any atom is 0.308 e. The second-order valence-electron chi connectivity index (χ2n) is 6.02. The maximum atomic E-state index is 12.2. The minimum atomic E-state index is -3.59. The molecule has 2 rings (SSSR count). The Morgan fingerprint density at radius 3 is 2.46 bits per heavy atom. The number of likely N-dealkylation sites (tertiary alicyclic amines) is 1. The van der Waals surface area contributed by atoms with Crippen molar-refractivity contribution in [1.29, 1.82) is 0 Å². The lowest BCUT2D eigenvalue weighted by Crippen LogP contribution is -2.40. The number of hydrogen-bond acceptors (Lipinski definition) is 6. The first-order chi connectivity index (χ1) is 11.3. The first-order valence-electron chi connectivity index (χ1n) is 7.69. The van der Waals surface area contributed by atoms with Gasteiger partial charge in [0, 0.05) is 39.4 Å². The molecule has 0 bridgehead atoms. The van der Waals surface area contributed by atoms with Crippen LogP contribution < -0.4 is 5.56 Å². The Morgan fingerprint density at radius 2 is 1.92 bits per heavy atom. The summed E-state index contributed by atoms with van der Waals surface area (Å²) in [7, 11) is 0.687. The molecule has 24 heavy (non-hydrogen) atoms. The monoisotopic (exact) mass is 357 g/mol. The van der Waals surface area contributed by atoms with Crippen LogP contribution in [0, 0.1) is 5.92 Å². The molecule has 0 unspecified atom stereocenters. The fourth-order valence-electron chi connectivity index (χ4n) is 2.68. The van der Waals surface area contributed by atoms with Gasteiger partial charge in [-0.1, -0.05) is 0 Å². The Bertz CT molecular complexity index is 749. The van der Waals surface area contributed by atoms with E-state index in [0.29, 0.717) is 32.6 Å². The molecule has 1 aliphatic heterocycles. The molecule has 9 heteroatoms. The van der Waals surface area contributed by atoms with Gasteiger partial charge in [0.2, 0.25) is 10.0 Å². The second-order valence-corrected chi connectivity index (χ2v) is 8.17. The second kappa shape index (κ2) is 7.45. The Morgan fingerprint density at radius 1 is 1.29 bits per heavy atom. The number of rotatable bonds is 5. The number of nitrogens with zero attached hydrogens (tertiary/aromatic N) is 3. The molecule has 1 saturated heterocycles. The zero-order chi connectivity index (χ0) is 17.9. The van der Waals surface area contributed by atoms with Gasteiger partial charge in [-0.25, -0.2) is 12.7 Å². The summed E-state index contributed by atoms with van der Waals surface area (Å²) in [6, 6.07) is 2.58. The Balaban J connectivity index is 2.11. The summed E-state index contributed by atoms with van der Waals surface area (Å²) in [6.45, 7) is 1.59. The van der Waals surface area contributed by atoms with Crippen LogP contribution in [0.25, 0.3) is 0 Å². The number of ether oxygens (including phenoxy) is 1. The average Bonchev–Trinajstić information content (AvgIpc) is 2.56. The van der Waals surface area contributed by atoms with E-state index in [0.717, 1.165) is 4.31 Å². The third-order valence-electron chi connectivity index (χ3n) is 4.21. The number of aromatic nitrogens is 1. The largest absolute Gasteiger partial charge is 0.469 e. The number of methoxy groups -OCH3 is 1. The van der Waals surface area contributed by atoms with Crippen molar-refractivity contribution in [2.45, 2.75) is 24.4 Å². The van der Waals surface area contributed by atoms with Crippen LogP contribution in [0.2, 0.25) is 0 Å². The van der Waals surface area contributed by atoms with Gasteiger partial charge in [0.05, 0.1) is 24.6 Å². The van der Waals surface area contributed by atoms with Crippen molar-refractivity contribution < 1.29 is 17.9 Å². The van der Waals surface area contributed by atoms with E-state index in [9.17, 15) is 18.0 Å². The molecule has 0 atom stereocenters.